The molecule has 0 radical (unpaired) electrons. The van der Waals surface area contributed by atoms with Crippen molar-refractivity contribution < 1.29 is 9.53 Å². The van der Waals surface area contributed by atoms with Crippen molar-refractivity contribution in [3.63, 3.8) is 0 Å². The number of nitrogens with zero attached hydrogens (tertiary/aromatic N) is 1. The van der Waals surface area contributed by atoms with E-state index in [1.807, 2.05) is 0 Å². The van der Waals surface area contributed by atoms with E-state index >= 15 is 0 Å². The fraction of sp³-hybridized carbons (Fsp3) is 0.909. The lowest BCUT2D eigenvalue weighted by Crippen LogP contribution is -2.43. The molecule has 2 N–H and O–H groups in total. The topological polar surface area (TPSA) is 55.6 Å². The van der Waals surface area contributed by atoms with Crippen molar-refractivity contribution in [3.05, 3.63) is 0 Å². The molecule has 1 amide bonds. The van der Waals surface area contributed by atoms with Crippen LogP contribution in [-0.2, 0) is 9.53 Å². The Morgan fingerprint density at radius 3 is 2.44 bits per heavy atom. The van der Waals surface area contributed by atoms with Crippen LogP contribution in [0, 0.1) is 5.92 Å². The third kappa shape index (κ3) is 7.91. The van der Waals surface area contributed by atoms with Gasteiger partial charge in [0.05, 0.1) is 6.04 Å². The van der Waals surface area contributed by atoms with Crippen LogP contribution >= 0.6 is 12.4 Å². The molecule has 0 aromatic heterocycles. The molecule has 16 heavy (non-hydrogen) atoms. The van der Waals surface area contributed by atoms with E-state index in [0.29, 0.717) is 19.1 Å². The maximum atomic E-state index is 11.7. The number of likely N-dealkylation sites (N-methyl/N-ethyl adjacent to an activating group) is 1. The number of hydrogen-bond acceptors (Lipinski definition) is 3. The van der Waals surface area contributed by atoms with E-state index in [2.05, 4.69) is 13.8 Å². The summed E-state index contributed by atoms with van der Waals surface area (Å²) in [6.07, 6.45) is 1.60. The minimum Gasteiger partial charge on any atom is -0.385 e. The number of nitrogens with two attached hydrogens (primary N) is 1. The number of carbonyl (C=O) groups is 1. The maximum absolute atomic E-state index is 11.7. The van der Waals surface area contributed by atoms with E-state index in [1.165, 1.54) is 0 Å². The average Bonchev–Trinajstić information content (AvgIpc) is 2.15. The van der Waals surface area contributed by atoms with Gasteiger partial charge >= 0.3 is 0 Å². The summed E-state index contributed by atoms with van der Waals surface area (Å²) in [7, 11) is 3.45. The van der Waals surface area contributed by atoms with Crippen LogP contribution in [0.4, 0.5) is 0 Å². The molecule has 0 rings (SSSR count). The van der Waals surface area contributed by atoms with E-state index in [0.717, 1.165) is 12.8 Å². The second-order valence-corrected chi connectivity index (χ2v) is 4.34. The highest BCUT2D eigenvalue weighted by Gasteiger charge is 2.18. The van der Waals surface area contributed by atoms with Crippen molar-refractivity contribution in [1.29, 1.82) is 0 Å². The Labute approximate surface area is 105 Å². The van der Waals surface area contributed by atoms with Gasteiger partial charge in [-0.25, -0.2) is 0 Å². The third-order valence-corrected chi connectivity index (χ3v) is 2.26. The molecule has 0 aliphatic heterocycles. The molecule has 0 bridgehead atoms. The van der Waals surface area contributed by atoms with Crippen LogP contribution in [-0.4, -0.2) is 44.2 Å². The number of amides is 1. The van der Waals surface area contributed by atoms with Crippen LogP contribution in [0.25, 0.3) is 0 Å². The van der Waals surface area contributed by atoms with E-state index in [4.69, 9.17) is 10.5 Å². The van der Waals surface area contributed by atoms with Gasteiger partial charge in [0.15, 0.2) is 0 Å². The molecule has 98 valence electrons. The number of halogens is 1. The molecule has 0 aromatic carbocycles. The zero-order chi connectivity index (χ0) is 11.8. The number of rotatable bonds is 7. The van der Waals surface area contributed by atoms with Gasteiger partial charge in [-0.2, -0.15) is 0 Å². The minimum absolute atomic E-state index is 0. The molecule has 0 spiro atoms. The Morgan fingerprint density at radius 1 is 1.44 bits per heavy atom. The average molecular weight is 253 g/mol. The predicted molar refractivity (Wildman–Crippen MR) is 68.8 cm³/mol. The molecule has 0 aliphatic carbocycles. The maximum Gasteiger partial charge on any atom is 0.239 e. The number of carbonyl (C=O) groups excluding carboxylic acids is 1. The van der Waals surface area contributed by atoms with Crippen LogP contribution in [0.1, 0.15) is 26.7 Å². The molecule has 4 nitrogen and oxygen atoms in total. The fourth-order valence-corrected chi connectivity index (χ4v) is 1.45. The molecule has 0 aliphatic rings. The van der Waals surface area contributed by atoms with Gasteiger partial charge in [0.1, 0.15) is 0 Å². The second kappa shape index (κ2) is 9.87. The van der Waals surface area contributed by atoms with Gasteiger partial charge in [-0.05, 0) is 18.8 Å². The smallest absolute Gasteiger partial charge is 0.239 e. The SMILES string of the molecule is COCCCN(C)C(=O)[C@@H](N)CC(C)C.Cl. The van der Waals surface area contributed by atoms with Crippen LogP contribution in [0.2, 0.25) is 0 Å². The van der Waals surface area contributed by atoms with Crippen molar-refractivity contribution in [1.82, 2.24) is 4.90 Å². The van der Waals surface area contributed by atoms with E-state index in [9.17, 15) is 4.79 Å². The summed E-state index contributed by atoms with van der Waals surface area (Å²) in [5.74, 6) is 0.483. The summed E-state index contributed by atoms with van der Waals surface area (Å²) in [6.45, 7) is 5.52. The Bertz CT molecular complexity index is 189. The summed E-state index contributed by atoms with van der Waals surface area (Å²) in [6, 6.07) is -0.363. The van der Waals surface area contributed by atoms with Crippen molar-refractivity contribution in [2.24, 2.45) is 11.7 Å². The van der Waals surface area contributed by atoms with Gasteiger partial charge in [-0.3, -0.25) is 4.79 Å². The van der Waals surface area contributed by atoms with Gasteiger partial charge in [-0.1, -0.05) is 13.8 Å². The first kappa shape index (κ1) is 18.1. The van der Waals surface area contributed by atoms with Crippen molar-refractivity contribution in [2.75, 3.05) is 27.3 Å². The van der Waals surface area contributed by atoms with Crippen LogP contribution < -0.4 is 5.73 Å². The number of ether oxygens (including phenoxy) is 1. The lowest BCUT2D eigenvalue weighted by Gasteiger charge is -2.22. The first-order valence-electron chi connectivity index (χ1n) is 5.48. The quantitative estimate of drug-likeness (QED) is 0.695. The lowest BCUT2D eigenvalue weighted by atomic mass is 10.0. The van der Waals surface area contributed by atoms with E-state index in [1.54, 1.807) is 19.1 Å². The number of methoxy groups -OCH3 is 1. The van der Waals surface area contributed by atoms with Gasteiger partial charge in [0, 0.05) is 27.3 Å². The zero-order valence-corrected chi connectivity index (χ0v) is 11.5. The monoisotopic (exact) mass is 252 g/mol. The molecule has 5 heteroatoms. The number of hydrogen-bond donors (Lipinski definition) is 1. The molecule has 0 aromatic rings. The van der Waals surface area contributed by atoms with E-state index in [-0.39, 0.29) is 24.4 Å². The Kier molecular flexibility index (Phi) is 11.1. The summed E-state index contributed by atoms with van der Waals surface area (Å²) in [5, 5.41) is 0. The van der Waals surface area contributed by atoms with Crippen LogP contribution in [0.5, 0.6) is 0 Å². The normalized spacial score (nSPS) is 12.1. The van der Waals surface area contributed by atoms with Gasteiger partial charge < -0.3 is 15.4 Å². The molecule has 1 atom stereocenters. The zero-order valence-electron chi connectivity index (χ0n) is 10.7. The van der Waals surface area contributed by atoms with Gasteiger partial charge in [0.25, 0.3) is 0 Å². The first-order chi connectivity index (χ1) is 6.99. The Balaban J connectivity index is 0. The lowest BCUT2D eigenvalue weighted by molar-refractivity contribution is -0.131. The summed E-state index contributed by atoms with van der Waals surface area (Å²) >= 11 is 0. The Morgan fingerprint density at radius 2 is 2.00 bits per heavy atom. The molecular weight excluding hydrogens is 228 g/mol. The molecule has 0 saturated carbocycles. The van der Waals surface area contributed by atoms with Crippen molar-refractivity contribution in [3.8, 4) is 0 Å². The van der Waals surface area contributed by atoms with Crippen molar-refractivity contribution >= 4 is 18.3 Å². The largest absolute Gasteiger partial charge is 0.385 e. The molecule has 0 fully saturated rings. The molecular formula is C11H25ClN2O2. The Hall–Kier alpha value is -0.320. The van der Waals surface area contributed by atoms with Crippen LogP contribution in [0.15, 0.2) is 0 Å². The first-order valence-corrected chi connectivity index (χ1v) is 5.48. The summed E-state index contributed by atoms with van der Waals surface area (Å²) < 4.78 is 4.93. The summed E-state index contributed by atoms with van der Waals surface area (Å²) in [5.41, 5.74) is 5.80. The molecule has 0 saturated heterocycles. The summed E-state index contributed by atoms with van der Waals surface area (Å²) in [4.78, 5) is 13.4. The highest BCUT2D eigenvalue weighted by molar-refractivity contribution is 5.85. The predicted octanol–water partition coefficient (Wildman–Crippen LogP) is 1.28. The van der Waals surface area contributed by atoms with Crippen molar-refractivity contribution in [2.45, 2.75) is 32.7 Å². The molecule has 0 heterocycles. The van der Waals surface area contributed by atoms with Gasteiger partial charge in [0.2, 0.25) is 5.91 Å². The van der Waals surface area contributed by atoms with Gasteiger partial charge in [-0.15, -0.1) is 12.4 Å². The minimum atomic E-state index is -0.363. The highest BCUT2D eigenvalue weighted by atomic mass is 35.5. The third-order valence-electron chi connectivity index (χ3n) is 2.26. The van der Waals surface area contributed by atoms with Crippen LogP contribution in [0.3, 0.4) is 0 Å². The standard InChI is InChI=1S/C11H24N2O2.ClH/c1-9(2)8-10(12)11(14)13(3)6-5-7-15-4;/h9-10H,5-8,12H2,1-4H3;1H/t10-;/m0./s1. The highest BCUT2D eigenvalue weighted by Crippen LogP contribution is 2.05. The molecule has 0 unspecified atom stereocenters. The van der Waals surface area contributed by atoms with E-state index < -0.39 is 0 Å². The second-order valence-electron chi connectivity index (χ2n) is 4.34. The fourth-order valence-electron chi connectivity index (χ4n) is 1.45.